The average Bonchev–Trinajstić information content (AvgIpc) is 2.65. The Morgan fingerprint density at radius 2 is 1.79 bits per heavy atom. The van der Waals surface area contributed by atoms with Crippen molar-refractivity contribution in [2.75, 3.05) is 0 Å². The molecule has 29 heavy (non-hydrogen) atoms. The van der Waals surface area contributed by atoms with Gasteiger partial charge in [0.1, 0.15) is 11.1 Å². The summed E-state index contributed by atoms with van der Waals surface area (Å²) in [6.07, 6.45) is -0.578. The van der Waals surface area contributed by atoms with Gasteiger partial charge in [-0.1, -0.05) is 25.0 Å². The van der Waals surface area contributed by atoms with Crippen molar-refractivity contribution in [3.63, 3.8) is 0 Å². The van der Waals surface area contributed by atoms with Crippen LogP contribution in [0.15, 0.2) is 29.3 Å². The minimum Gasteiger partial charge on any atom is -0.478 e. The number of hydrogen-bond acceptors (Lipinski definition) is 4. The minimum atomic E-state index is -4.62. The Balaban J connectivity index is 1.98. The van der Waals surface area contributed by atoms with Crippen LogP contribution in [0.3, 0.4) is 0 Å². The number of aromatic carboxylic acids is 1. The van der Waals surface area contributed by atoms with Crippen LogP contribution in [-0.2, 0) is 24.8 Å². The van der Waals surface area contributed by atoms with Crippen LogP contribution in [0.2, 0.25) is 0 Å². The Kier molecular flexibility index (Phi) is 6.48. The van der Waals surface area contributed by atoms with Gasteiger partial charge in [-0.25, -0.2) is 9.78 Å². The van der Waals surface area contributed by atoms with Crippen LogP contribution in [0.1, 0.15) is 64.0 Å². The highest BCUT2D eigenvalue weighted by atomic mass is 32.2. The normalized spacial score (nSPS) is 14.4. The Hall–Kier alpha value is -2.53. The van der Waals surface area contributed by atoms with E-state index in [1.165, 1.54) is 12.1 Å². The molecule has 0 bridgehead atoms. The lowest BCUT2D eigenvalue weighted by Gasteiger charge is -2.21. The number of fused-ring (bicyclic) bond motifs is 1. The Bertz CT molecular complexity index is 950. The van der Waals surface area contributed by atoms with Gasteiger partial charge in [-0.15, -0.1) is 11.8 Å². The standard InChI is InChI=1S/C21H19F3N2O2S/c22-21(23,24)18-15-5-3-1-2-4-6-17(15)26-19(16(18)11-25)29-12-13-7-9-14(10-8-13)20(27)28/h7-10H,1-6,12H2,(H,27,28). The van der Waals surface area contributed by atoms with Crippen LogP contribution in [-0.4, -0.2) is 16.1 Å². The molecule has 1 heterocycles. The molecule has 0 amide bonds. The summed E-state index contributed by atoms with van der Waals surface area (Å²) in [7, 11) is 0. The van der Waals surface area contributed by atoms with Crippen LogP contribution in [0.25, 0.3) is 0 Å². The molecule has 0 radical (unpaired) electrons. The van der Waals surface area contributed by atoms with Gasteiger partial charge in [0.15, 0.2) is 0 Å². The van der Waals surface area contributed by atoms with Gasteiger partial charge in [0.05, 0.1) is 16.7 Å². The summed E-state index contributed by atoms with van der Waals surface area (Å²) in [5.41, 5.74) is 0.240. The lowest BCUT2D eigenvalue weighted by molar-refractivity contribution is -0.138. The number of nitriles is 1. The van der Waals surface area contributed by atoms with Crippen LogP contribution in [0.4, 0.5) is 13.2 Å². The Labute approximate surface area is 170 Å². The molecule has 0 fully saturated rings. The summed E-state index contributed by atoms with van der Waals surface area (Å²) >= 11 is 1.07. The van der Waals surface area contributed by atoms with E-state index in [4.69, 9.17) is 5.11 Å². The number of carbonyl (C=O) groups is 1. The Morgan fingerprint density at radius 1 is 1.14 bits per heavy atom. The first-order valence-corrected chi connectivity index (χ1v) is 10.3. The van der Waals surface area contributed by atoms with Crippen molar-refractivity contribution in [2.24, 2.45) is 0 Å². The number of aromatic nitrogens is 1. The second-order valence-electron chi connectivity index (χ2n) is 6.91. The SMILES string of the molecule is N#Cc1c(SCc2ccc(C(=O)O)cc2)nc2c(c1C(F)(F)F)CCCCCC2. The number of nitrogens with zero attached hydrogens (tertiary/aromatic N) is 2. The molecular formula is C21H19F3N2O2S. The molecule has 8 heteroatoms. The van der Waals surface area contributed by atoms with Crippen molar-refractivity contribution in [3.05, 3.63) is 57.8 Å². The molecule has 1 aromatic carbocycles. The highest BCUT2D eigenvalue weighted by Crippen LogP contribution is 2.41. The number of pyridine rings is 1. The molecule has 2 aromatic rings. The highest BCUT2D eigenvalue weighted by molar-refractivity contribution is 7.98. The largest absolute Gasteiger partial charge is 0.478 e. The molecule has 0 atom stereocenters. The molecule has 0 spiro atoms. The maximum atomic E-state index is 13.9. The Morgan fingerprint density at radius 3 is 2.38 bits per heavy atom. The van der Waals surface area contributed by atoms with Crippen LogP contribution >= 0.6 is 11.8 Å². The smallest absolute Gasteiger partial charge is 0.418 e. The van der Waals surface area contributed by atoms with E-state index in [-0.39, 0.29) is 28.3 Å². The zero-order valence-electron chi connectivity index (χ0n) is 15.6. The number of carboxylic acids is 1. The third kappa shape index (κ3) is 4.91. The van der Waals surface area contributed by atoms with E-state index >= 15 is 0 Å². The van der Waals surface area contributed by atoms with Gasteiger partial charge >= 0.3 is 12.1 Å². The van der Waals surface area contributed by atoms with E-state index in [1.54, 1.807) is 18.2 Å². The van der Waals surface area contributed by atoms with Crippen molar-refractivity contribution in [3.8, 4) is 6.07 Å². The molecule has 152 valence electrons. The van der Waals surface area contributed by atoms with E-state index in [2.05, 4.69) is 4.98 Å². The van der Waals surface area contributed by atoms with Gasteiger partial charge < -0.3 is 5.11 Å². The average molecular weight is 420 g/mol. The molecule has 0 saturated carbocycles. The van der Waals surface area contributed by atoms with Crippen molar-refractivity contribution in [1.82, 2.24) is 4.98 Å². The predicted octanol–water partition coefficient (Wildman–Crippen LogP) is 5.62. The van der Waals surface area contributed by atoms with E-state index < -0.39 is 23.3 Å². The maximum Gasteiger partial charge on any atom is 0.418 e. The number of aryl methyl sites for hydroxylation is 1. The van der Waals surface area contributed by atoms with E-state index in [9.17, 15) is 23.2 Å². The third-order valence-electron chi connectivity index (χ3n) is 4.91. The fourth-order valence-electron chi connectivity index (χ4n) is 3.49. The summed E-state index contributed by atoms with van der Waals surface area (Å²) in [5, 5.41) is 18.6. The number of thioether (sulfide) groups is 1. The van der Waals surface area contributed by atoms with Crippen molar-refractivity contribution >= 4 is 17.7 Å². The summed E-state index contributed by atoms with van der Waals surface area (Å²) in [5.74, 6) is -0.758. The summed E-state index contributed by atoms with van der Waals surface area (Å²) in [6.45, 7) is 0. The van der Waals surface area contributed by atoms with E-state index in [1.807, 2.05) is 0 Å². The third-order valence-corrected chi connectivity index (χ3v) is 5.96. The van der Waals surface area contributed by atoms with Crippen molar-refractivity contribution in [2.45, 2.75) is 55.5 Å². The van der Waals surface area contributed by atoms with Gasteiger partial charge in [0.25, 0.3) is 0 Å². The summed E-state index contributed by atoms with van der Waals surface area (Å²) in [6, 6.07) is 7.85. The molecule has 0 aliphatic heterocycles. The van der Waals surface area contributed by atoms with Gasteiger partial charge in [-0.3, -0.25) is 0 Å². The molecular weight excluding hydrogens is 401 g/mol. The predicted molar refractivity (Wildman–Crippen MR) is 103 cm³/mol. The van der Waals surface area contributed by atoms with Gasteiger partial charge in [-0.2, -0.15) is 18.4 Å². The first-order chi connectivity index (χ1) is 13.8. The number of carboxylic acid groups (broad SMARTS) is 1. The fourth-order valence-corrected chi connectivity index (χ4v) is 4.45. The molecule has 0 unspecified atom stereocenters. The number of hydrogen-bond donors (Lipinski definition) is 1. The zero-order valence-corrected chi connectivity index (χ0v) is 16.4. The number of benzene rings is 1. The number of rotatable bonds is 4. The van der Waals surface area contributed by atoms with Crippen LogP contribution in [0.5, 0.6) is 0 Å². The van der Waals surface area contributed by atoms with Crippen molar-refractivity contribution < 1.29 is 23.1 Å². The molecule has 1 aromatic heterocycles. The second-order valence-corrected chi connectivity index (χ2v) is 7.87. The topological polar surface area (TPSA) is 74.0 Å². The highest BCUT2D eigenvalue weighted by Gasteiger charge is 2.39. The minimum absolute atomic E-state index is 0.0847. The van der Waals surface area contributed by atoms with E-state index in [0.29, 0.717) is 18.5 Å². The fraction of sp³-hybridized carbons (Fsp3) is 0.381. The lowest BCUT2D eigenvalue weighted by atomic mass is 9.91. The summed E-state index contributed by atoms with van der Waals surface area (Å²) < 4.78 is 41.6. The molecule has 1 aliphatic rings. The van der Waals surface area contributed by atoms with E-state index in [0.717, 1.165) is 36.6 Å². The molecule has 1 N–H and O–H groups in total. The lowest BCUT2D eigenvalue weighted by Crippen LogP contribution is -2.18. The van der Waals surface area contributed by atoms with Crippen LogP contribution < -0.4 is 0 Å². The molecule has 0 saturated heterocycles. The van der Waals surface area contributed by atoms with Gasteiger partial charge in [0.2, 0.25) is 0 Å². The number of alkyl halides is 3. The quantitative estimate of drug-likeness (QED) is 0.650. The first-order valence-electron chi connectivity index (χ1n) is 9.29. The van der Waals surface area contributed by atoms with Crippen molar-refractivity contribution in [1.29, 1.82) is 5.26 Å². The zero-order chi connectivity index (χ0) is 21.0. The first kappa shape index (κ1) is 21.2. The molecule has 1 aliphatic carbocycles. The molecule has 4 nitrogen and oxygen atoms in total. The van der Waals surface area contributed by atoms with Gasteiger partial charge in [-0.05, 0) is 48.9 Å². The maximum absolute atomic E-state index is 13.9. The van der Waals surface area contributed by atoms with Crippen LogP contribution in [0, 0.1) is 11.3 Å². The van der Waals surface area contributed by atoms with Gasteiger partial charge in [0, 0.05) is 11.4 Å². The monoisotopic (exact) mass is 420 g/mol. The second kappa shape index (κ2) is 8.87. The number of halogens is 3. The summed E-state index contributed by atoms with van der Waals surface area (Å²) in [4.78, 5) is 15.4. The molecule has 3 rings (SSSR count).